The number of hydrogen-bond donors (Lipinski definition) is 2. The second-order valence-electron chi connectivity index (χ2n) is 8.70. The molecule has 2 aromatic heterocycles. The molecule has 0 amide bonds. The average molecular weight is 540 g/mol. The first-order valence-corrected chi connectivity index (χ1v) is 13.4. The molecule has 2 N–H and O–H groups in total. The molecule has 4 aromatic rings. The number of aromatic nitrogens is 4. The van der Waals surface area contributed by atoms with E-state index in [9.17, 15) is 13.2 Å². The van der Waals surface area contributed by atoms with Gasteiger partial charge in [0.2, 0.25) is 0 Å². The summed E-state index contributed by atoms with van der Waals surface area (Å²) in [6.07, 6.45) is 6.28. The van der Waals surface area contributed by atoms with Crippen molar-refractivity contribution in [2.45, 2.75) is 24.2 Å². The summed E-state index contributed by atoms with van der Waals surface area (Å²) < 4.78 is 49.9. The van der Waals surface area contributed by atoms with E-state index in [1.54, 1.807) is 57.5 Å². The lowest BCUT2D eigenvalue weighted by Crippen LogP contribution is -2.19. The smallest absolute Gasteiger partial charge is 0.341 e. The highest BCUT2D eigenvalue weighted by Crippen LogP contribution is 2.35. The maximum Gasteiger partial charge on any atom is 0.341 e. The highest BCUT2D eigenvalue weighted by molar-refractivity contribution is 7.92. The number of benzene rings is 2. The Bertz CT molecular complexity index is 1610. The van der Waals surface area contributed by atoms with Crippen LogP contribution in [0.4, 0.5) is 5.69 Å². The van der Waals surface area contributed by atoms with Gasteiger partial charge in [-0.25, -0.2) is 9.78 Å². The lowest BCUT2D eigenvalue weighted by molar-refractivity contribution is 0.307. The van der Waals surface area contributed by atoms with Crippen molar-refractivity contribution in [3.63, 3.8) is 0 Å². The van der Waals surface area contributed by atoms with Gasteiger partial charge in [-0.05, 0) is 30.9 Å². The molecule has 0 radical (unpaired) electrons. The minimum absolute atomic E-state index is 0.146. The number of ether oxygens (including phenoxy) is 2. The maximum absolute atomic E-state index is 13.0. The van der Waals surface area contributed by atoms with Gasteiger partial charge in [0.25, 0.3) is 10.0 Å². The summed E-state index contributed by atoms with van der Waals surface area (Å²) in [5.41, 5.74) is 1.01. The Morgan fingerprint density at radius 3 is 2.53 bits per heavy atom. The van der Waals surface area contributed by atoms with Crippen LogP contribution in [-0.4, -0.2) is 47.6 Å². The number of imidazole rings is 2. The van der Waals surface area contributed by atoms with E-state index in [4.69, 9.17) is 19.5 Å². The molecule has 4 rings (SSSR count). The van der Waals surface area contributed by atoms with Gasteiger partial charge < -0.3 is 18.7 Å². The Labute approximate surface area is 220 Å². The molecule has 38 heavy (non-hydrogen) atoms. The molecule has 0 aliphatic rings. The van der Waals surface area contributed by atoms with Crippen molar-refractivity contribution < 1.29 is 22.5 Å². The molecule has 0 bridgehead atoms. The molecule has 0 unspecified atom stereocenters. The second-order valence-corrected chi connectivity index (χ2v) is 10.3. The second kappa shape index (κ2) is 11.5. The molecular weight excluding hydrogens is 511 g/mol. The quantitative estimate of drug-likeness (QED) is 0.115. The molecule has 0 saturated carbocycles. The SMILES string of the molecule is Cn1cnc(S(=O)(=O)Nc2cc3c(cc2Oc2cccc(OCCCCBOC=N)c2)n(C)c(=O)n3C)c1. The molecule has 0 saturated heterocycles. The Morgan fingerprint density at radius 1 is 1.08 bits per heavy atom. The zero-order valence-electron chi connectivity index (χ0n) is 21.4. The summed E-state index contributed by atoms with van der Waals surface area (Å²) in [7, 11) is 1.41. The van der Waals surface area contributed by atoms with E-state index in [0.717, 1.165) is 25.6 Å². The van der Waals surface area contributed by atoms with Crippen LogP contribution in [-0.2, 0) is 35.8 Å². The molecule has 0 aliphatic heterocycles. The maximum atomic E-state index is 13.0. The third kappa shape index (κ3) is 6.02. The summed E-state index contributed by atoms with van der Waals surface area (Å²) in [4.78, 5) is 16.5. The zero-order chi connectivity index (χ0) is 27.3. The standard InChI is InChI=1S/C24H29BN6O6S/c1-29-14-23(27-16-29)38(33,34)28-19-12-20-21(31(3)24(32)30(20)2)13-22(19)37-18-8-6-7-17(11-18)35-10-5-4-9-25-36-15-26/h6-8,11-16,25-26,28H,4-5,9-10H2,1-3H3. The van der Waals surface area contributed by atoms with Crippen LogP contribution in [0.25, 0.3) is 11.0 Å². The number of aryl methyl sites for hydroxylation is 3. The fraction of sp³-hybridized carbons (Fsp3) is 0.292. The topological polar surface area (TPSA) is 142 Å². The van der Waals surface area contributed by atoms with Crippen LogP contribution < -0.4 is 19.9 Å². The highest BCUT2D eigenvalue weighted by Gasteiger charge is 2.22. The Morgan fingerprint density at radius 2 is 1.82 bits per heavy atom. The van der Waals surface area contributed by atoms with E-state index in [0.29, 0.717) is 36.6 Å². The normalized spacial score (nSPS) is 11.3. The van der Waals surface area contributed by atoms with Gasteiger partial charge in [-0.2, -0.15) is 8.42 Å². The number of rotatable bonds is 13. The summed E-state index contributed by atoms with van der Waals surface area (Å²) in [6.45, 7) is 0.501. The summed E-state index contributed by atoms with van der Waals surface area (Å²) in [5.74, 6) is 1.24. The van der Waals surface area contributed by atoms with Crippen LogP contribution in [0.2, 0.25) is 6.32 Å². The van der Waals surface area contributed by atoms with Gasteiger partial charge in [-0.15, -0.1) is 0 Å². The van der Waals surface area contributed by atoms with E-state index in [2.05, 4.69) is 9.71 Å². The molecule has 0 fully saturated rings. The van der Waals surface area contributed by atoms with Crippen LogP contribution in [0.5, 0.6) is 17.2 Å². The van der Waals surface area contributed by atoms with E-state index in [1.165, 1.54) is 26.2 Å². The van der Waals surface area contributed by atoms with Crippen molar-refractivity contribution in [3.05, 3.63) is 59.4 Å². The first kappa shape index (κ1) is 26.9. The van der Waals surface area contributed by atoms with Crippen molar-refractivity contribution in [2.24, 2.45) is 21.1 Å². The first-order valence-electron chi connectivity index (χ1n) is 11.9. The monoisotopic (exact) mass is 540 g/mol. The molecule has 200 valence electrons. The fourth-order valence-electron chi connectivity index (χ4n) is 3.88. The van der Waals surface area contributed by atoms with Crippen LogP contribution in [0, 0.1) is 5.41 Å². The van der Waals surface area contributed by atoms with Crippen molar-refractivity contribution in [1.82, 2.24) is 18.7 Å². The third-order valence-corrected chi connectivity index (χ3v) is 7.12. The van der Waals surface area contributed by atoms with Gasteiger partial charge in [0.1, 0.15) is 17.9 Å². The highest BCUT2D eigenvalue weighted by atomic mass is 32.2. The molecule has 2 heterocycles. The lowest BCUT2D eigenvalue weighted by Gasteiger charge is -2.14. The number of nitrogens with zero attached hydrogens (tertiary/aromatic N) is 4. The number of nitrogens with one attached hydrogen (secondary N) is 2. The molecule has 2 aromatic carbocycles. The van der Waals surface area contributed by atoms with Crippen LogP contribution >= 0.6 is 0 Å². The summed E-state index contributed by atoms with van der Waals surface area (Å²) in [5, 5.41) is 6.71. The minimum Gasteiger partial charge on any atom is -0.557 e. The number of fused-ring (bicyclic) bond motifs is 1. The van der Waals surface area contributed by atoms with Gasteiger partial charge in [0, 0.05) is 39.5 Å². The zero-order valence-corrected chi connectivity index (χ0v) is 22.2. The third-order valence-electron chi connectivity index (χ3n) is 5.87. The number of anilines is 1. The Balaban J connectivity index is 1.59. The van der Waals surface area contributed by atoms with Gasteiger partial charge >= 0.3 is 13.2 Å². The van der Waals surface area contributed by atoms with Gasteiger partial charge in [0.15, 0.2) is 10.8 Å². The lowest BCUT2D eigenvalue weighted by atomic mass is 9.92. The van der Waals surface area contributed by atoms with E-state index in [1.807, 2.05) is 0 Å². The van der Waals surface area contributed by atoms with E-state index in [-0.39, 0.29) is 22.2 Å². The van der Waals surface area contributed by atoms with Crippen LogP contribution in [0.1, 0.15) is 12.8 Å². The van der Waals surface area contributed by atoms with Gasteiger partial charge in [0.05, 0.1) is 29.7 Å². The first-order chi connectivity index (χ1) is 18.2. The van der Waals surface area contributed by atoms with Crippen molar-refractivity contribution in [3.8, 4) is 17.2 Å². The molecule has 12 nitrogen and oxygen atoms in total. The van der Waals surface area contributed by atoms with Crippen LogP contribution in [0.3, 0.4) is 0 Å². The molecule has 0 atom stereocenters. The molecule has 0 aliphatic carbocycles. The van der Waals surface area contributed by atoms with Gasteiger partial charge in [-0.1, -0.05) is 12.5 Å². The summed E-state index contributed by atoms with van der Waals surface area (Å²) >= 11 is 0. The Kier molecular flexibility index (Phi) is 8.10. The summed E-state index contributed by atoms with van der Waals surface area (Å²) in [6, 6.07) is 10.2. The fourth-order valence-corrected chi connectivity index (χ4v) is 4.93. The van der Waals surface area contributed by atoms with E-state index < -0.39 is 10.0 Å². The number of hydrogen-bond acceptors (Lipinski definition) is 8. The van der Waals surface area contributed by atoms with Crippen molar-refractivity contribution >= 4 is 40.6 Å². The van der Waals surface area contributed by atoms with Gasteiger partial charge in [-0.3, -0.25) is 19.3 Å². The predicted molar refractivity (Wildman–Crippen MR) is 145 cm³/mol. The largest absolute Gasteiger partial charge is 0.557 e. The molecule has 14 heteroatoms. The number of sulfonamides is 1. The van der Waals surface area contributed by atoms with Crippen molar-refractivity contribution in [1.29, 1.82) is 5.41 Å². The Hall–Kier alpha value is -4.20. The minimum atomic E-state index is -4.03. The number of unbranched alkanes of at least 4 members (excludes halogenated alkanes) is 1. The average Bonchev–Trinajstić information content (AvgIpc) is 3.42. The molecular formula is C24H29BN6O6S. The van der Waals surface area contributed by atoms with E-state index >= 15 is 0 Å². The predicted octanol–water partition coefficient (Wildman–Crippen LogP) is 2.76. The van der Waals surface area contributed by atoms with Crippen LogP contribution in [0.15, 0.2) is 58.7 Å². The molecule has 0 spiro atoms. The van der Waals surface area contributed by atoms with Crippen molar-refractivity contribution in [2.75, 3.05) is 11.3 Å².